The average molecular weight is 392 g/mol. The van der Waals surface area contributed by atoms with Gasteiger partial charge in [-0.25, -0.2) is 9.97 Å². The Morgan fingerprint density at radius 3 is 2.57 bits per heavy atom. The normalized spacial score (nSPS) is 10.8. The van der Waals surface area contributed by atoms with Crippen LogP contribution in [0.5, 0.6) is 5.75 Å². The maximum absolute atomic E-state index is 6.24. The number of nitrogen functional groups attached to an aromatic ring is 1. The molecule has 0 aliphatic carbocycles. The van der Waals surface area contributed by atoms with Crippen LogP contribution in [0.2, 0.25) is 5.02 Å². The van der Waals surface area contributed by atoms with Gasteiger partial charge in [0.25, 0.3) is 0 Å². The molecular weight excluding hydrogens is 374 g/mol. The van der Waals surface area contributed by atoms with Crippen LogP contribution in [-0.2, 0) is 6.61 Å². The van der Waals surface area contributed by atoms with Gasteiger partial charge in [-0.15, -0.1) is 0 Å². The summed E-state index contributed by atoms with van der Waals surface area (Å²) in [5.74, 6) is 1.66. The van der Waals surface area contributed by atoms with Gasteiger partial charge in [0.2, 0.25) is 0 Å². The number of ether oxygens (including phenoxy) is 1. The Labute approximate surface area is 167 Å². The molecule has 2 aromatic heterocycles. The van der Waals surface area contributed by atoms with Gasteiger partial charge >= 0.3 is 0 Å². The maximum atomic E-state index is 6.24. The molecule has 0 saturated heterocycles. The zero-order valence-electron chi connectivity index (χ0n) is 15.2. The summed E-state index contributed by atoms with van der Waals surface area (Å²) < 4.78 is 7.52. The van der Waals surface area contributed by atoms with Crippen LogP contribution < -0.4 is 10.5 Å². The fourth-order valence-corrected chi connectivity index (χ4v) is 3.06. The number of aromatic nitrogens is 4. The minimum Gasteiger partial charge on any atom is -0.487 e. The molecule has 2 heterocycles. The summed E-state index contributed by atoms with van der Waals surface area (Å²) in [5.41, 5.74) is 9.56. The lowest BCUT2D eigenvalue weighted by Gasteiger charge is -2.13. The number of benzene rings is 2. The number of nitrogens with two attached hydrogens (primary N) is 1. The van der Waals surface area contributed by atoms with Gasteiger partial charge in [0, 0.05) is 17.3 Å². The standard InChI is InChI=1S/C21H18ClN5O/c1-14-16(12-28-19-10-6-5-9-17(19)22)21(25-13-24-14)27-20(23)11-18(26-27)15-7-3-2-4-8-15/h2-11,13H,12,23H2,1H3. The highest BCUT2D eigenvalue weighted by atomic mass is 35.5. The van der Waals surface area contributed by atoms with Crippen molar-refractivity contribution >= 4 is 17.4 Å². The highest BCUT2D eigenvalue weighted by Gasteiger charge is 2.16. The first-order chi connectivity index (χ1) is 13.6. The first-order valence-corrected chi connectivity index (χ1v) is 9.10. The summed E-state index contributed by atoms with van der Waals surface area (Å²) in [6.07, 6.45) is 1.49. The van der Waals surface area contributed by atoms with Crippen LogP contribution in [-0.4, -0.2) is 19.7 Å². The number of rotatable bonds is 5. The quantitative estimate of drug-likeness (QED) is 0.543. The molecule has 0 fully saturated rings. The molecule has 0 aliphatic heterocycles. The Balaban J connectivity index is 1.70. The van der Waals surface area contributed by atoms with Crippen molar-refractivity contribution in [1.29, 1.82) is 0 Å². The first-order valence-electron chi connectivity index (χ1n) is 8.72. The molecule has 2 aromatic carbocycles. The lowest BCUT2D eigenvalue weighted by Crippen LogP contribution is -2.12. The smallest absolute Gasteiger partial charge is 0.165 e. The molecule has 4 aromatic rings. The van der Waals surface area contributed by atoms with Gasteiger partial charge in [-0.2, -0.15) is 9.78 Å². The van der Waals surface area contributed by atoms with Gasteiger partial charge in [0.15, 0.2) is 5.82 Å². The first kappa shape index (κ1) is 18.0. The second-order valence-corrected chi connectivity index (χ2v) is 6.62. The van der Waals surface area contributed by atoms with Gasteiger partial charge in [0.05, 0.1) is 16.3 Å². The number of nitrogens with zero attached hydrogens (tertiary/aromatic N) is 4. The Morgan fingerprint density at radius 2 is 1.79 bits per heavy atom. The van der Waals surface area contributed by atoms with E-state index in [4.69, 9.17) is 22.1 Å². The fourth-order valence-electron chi connectivity index (χ4n) is 2.87. The summed E-state index contributed by atoms with van der Waals surface area (Å²) in [6.45, 7) is 2.14. The molecule has 0 aliphatic rings. The Bertz CT molecular complexity index is 1110. The predicted molar refractivity (Wildman–Crippen MR) is 110 cm³/mol. The third-order valence-electron chi connectivity index (χ3n) is 4.35. The van der Waals surface area contributed by atoms with Crippen molar-refractivity contribution in [2.45, 2.75) is 13.5 Å². The lowest BCUT2D eigenvalue weighted by atomic mass is 10.2. The van der Waals surface area contributed by atoms with Crippen molar-refractivity contribution in [3.05, 3.63) is 83.3 Å². The summed E-state index contributed by atoms with van der Waals surface area (Å²) in [6, 6.07) is 19.0. The highest BCUT2D eigenvalue weighted by Crippen LogP contribution is 2.27. The van der Waals surface area contributed by atoms with Crippen LogP contribution in [0.1, 0.15) is 11.3 Å². The predicted octanol–water partition coefficient (Wildman–Crippen LogP) is 4.45. The van der Waals surface area contributed by atoms with Crippen LogP contribution >= 0.6 is 11.6 Å². The van der Waals surface area contributed by atoms with Crippen LogP contribution in [0, 0.1) is 6.92 Å². The van der Waals surface area contributed by atoms with E-state index in [9.17, 15) is 0 Å². The largest absolute Gasteiger partial charge is 0.487 e. The second kappa shape index (κ2) is 7.70. The monoisotopic (exact) mass is 391 g/mol. The minimum atomic E-state index is 0.242. The number of hydrogen-bond acceptors (Lipinski definition) is 5. The van der Waals surface area contributed by atoms with E-state index < -0.39 is 0 Å². The maximum Gasteiger partial charge on any atom is 0.165 e. The van der Waals surface area contributed by atoms with E-state index in [0.29, 0.717) is 22.4 Å². The highest BCUT2D eigenvalue weighted by molar-refractivity contribution is 6.32. The molecule has 0 atom stereocenters. The number of aryl methyl sites for hydroxylation is 1. The van der Waals surface area contributed by atoms with Crippen LogP contribution in [0.3, 0.4) is 0 Å². The van der Waals surface area contributed by atoms with Crippen LogP contribution in [0.15, 0.2) is 67.0 Å². The molecule has 7 heteroatoms. The second-order valence-electron chi connectivity index (χ2n) is 6.21. The number of halogens is 1. The Hall–Kier alpha value is -3.38. The van der Waals surface area contributed by atoms with E-state index in [1.807, 2.05) is 61.5 Å². The van der Waals surface area contributed by atoms with Crippen molar-refractivity contribution in [3.63, 3.8) is 0 Å². The van der Waals surface area contributed by atoms with Gasteiger partial charge in [0.1, 0.15) is 24.5 Å². The fraction of sp³-hybridized carbons (Fsp3) is 0.0952. The van der Waals surface area contributed by atoms with Crippen molar-refractivity contribution in [2.24, 2.45) is 0 Å². The van der Waals surface area contributed by atoms with Crippen molar-refractivity contribution in [1.82, 2.24) is 19.7 Å². The summed E-state index contributed by atoms with van der Waals surface area (Å²) in [7, 11) is 0. The van der Waals surface area contributed by atoms with E-state index in [2.05, 4.69) is 15.1 Å². The van der Waals surface area contributed by atoms with Crippen molar-refractivity contribution in [3.8, 4) is 22.8 Å². The van der Waals surface area contributed by atoms with Gasteiger partial charge in [-0.1, -0.05) is 54.1 Å². The Morgan fingerprint density at radius 1 is 1.04 bits per heavy atom. The number of hydrogen-bond donors (Lipinski definition) is 1. The molecular formula is C21H18ClN5O. The van der Waals surface area contributed by atoms with Crippen LogP contribution in [0.25, 0.3) is 17.1 Å². The van der Waals surface area contributed by atoms with E-state index in [1.54, 1.807) is 10.7 Å². The summed E-state index contributed by atoms with van der Waals surface area (Å²) >= 11 is 6.19. The third-order valence-corrected chi connectivity index (χ3v) is 4.67. The van der Waals surface area contributed by atoms with Gasteiger partial charge < -0.3 is 10.5 Å². The van der Waals surface area contributed by atoms with Crippen molar-refractivity contribution in [2.75, 3.05) is 5.73 Å². The molecule has 28 heavy (non-hydrogen) atoms. The van der Waals surface area contributed by atoms with E-state index >= 15 is 0 Å². The van der Waals surface area contributed by atoms with E-state index in [1.165, 1.54) is 6.33 Å². The molecule has 2 N–H and O–H groups in total. The van der Waals surface area contributed by atoms with E-state index in [-0.39, 0.29) is 6.61 Å². The average Bonchev–Trinajstić information content (AvgIpc) is 3.10. The topological polar surface area (TPSA) is 78.9 Å². The molecule has 0 spiro atoms. The third kappa shape index (κ3) is 3.54. The molecule has 6 nitrogen and oxygen atoms in total. The van der Waals surface area contributed by atoms with Crippen molar-refractivity contribution < 1.29 is 4.74 Å². The molecule has 4 rings (SSSR count). The summed E-state index contributed by atoms with van der Waals surface area (Å²) in [4.78, 5) is 8.70. The van der Waals surface area contributed by atoms with Gasteiger partial charge in [-0.05, 0) is 19.1 Å². The van der Waals surface area contributed by atoms with Crippen LogP contribution in [0.4, 0.5) is 5.82 Å². The number of anilines is 1. The minimum absolute atomic E-state index is 0.242. The van der Waals surface area contributed by atoms with Gasteiger partial charge in [-0.3, -0.25) is 0 Å². The lowest BCUT2D eigenvalue weighted by molar-refractivity contribution is 0.304. The Kier molecular flexibility index (Phi) is 4.95. The number of para-hydroxylation sites is 1. The molecule has 0 bridgehead atoms. The molecule has 0 radical (unpaired) electrons. The van der Waals surface area contributed by atoms with E-state index in [0.717, 1.165) is 22.5 Å². The zero-order valence-corrected chi connectivity index (χ0v) is 16.0. The molecule has 0 unspecified atom stereocenters. The molecule has 140 valence electrons. The molecule has 0 amide bonds. The summed E-state index contributed by atoms with van der Waals surface area (Å²) in [5, 5.41) is 5.19. The molecule has 0 saturated carbocycles. The SMILES string of the molecule is Cc1ncnc(-n2nc(-c3ccccc3)cc2N)c1COc1ccccc1Cl. The zero-order chi connectivity index (χ0) is 19.5.